The van der Waals surface area contributed by atoms with Crippen molar-refractivity contribution in [2.24, 2.45) is 0 Å². The molecule has 1 aliphatic heterocycles. The van der Waals surface area contributed by atoms with Crippen LogP contribution < -0.4 is 16.0 Å². The molecule has 2 aromatic heterocycles. The van der Waals surface area contributed by atoms with E-state index in [1.807, 2.05) is 45.9 Å². The van der Waals surface area contributed by atoms with E-state index in [9.17, 15) is 4.79 Å². The average molecular weight is 415 g/mol. The number of aryl methyl sites for hydroxylation is 1. The third-order valence-corrected chi connectivity index (χ3v) is 4.62. The quantitative estimate of drug-likeness (QED) is 0.620. The summed E-state index contributed by atoms with van der Waals surface area (Å²) in [5, 5.41) is 10.2. The van der Waals surface area contributed by atoms with Crippen LogP contribution in [0.4, 0.5) is 11.8 Å². The summed E-state index contributed by atoms with van der Waals surface area (Å²) < 4.78 is 4.55. The summed E-state index contributed by atoms with van der Waals surface area (Å²) in [6.07, 6.45) is 4.04. The van der Waals surface area contributed by atoms with E-state index in [0.29, 0.717) is 25.0 Å². The van der Waals surface area contributed by atoms with Crippen molar-refractivity contribution >= 4 is 18.2 Å². The molecule has 0 amide bonds. The first-order valence-corrected chi connectivity index (χ1v) is 10.4. The topological polar surface area (TPSA) is 101 Å². The molecule has 0 aromatic carbocycles. The number of nitrogens with one attached hydrogen (secondary N) is 3. The Labute approximate surface area is 179 Å². The number of hydrogen-bond acceptors (Lipinski definition) is 8. The van der Waals surface area contributed by atoms with Crippen molar-refractivity contribution in [1.29, 1.82) is 0 Å². The number of nitrogens with zero attached hydrogens (tertiary/aromatic N) is 3. The van der Waals surface area contributed by atoms with Crippen LogP contribution in [0.3, 0.4) is 0 Å². The molecule has 0 atom stereocenters. The lowest BCUT2D eigenvalue weighted by Crippen LogP contribution is -2.35. The largest absolute Gasteiger partial charge is 0.462 e. The van der Waals surface area contributed by atoms with E-state index in [2.05, 4.69) is 42.6 Å². The van der Waals surface area contributed by atoms with Crippen molar-refractivity contribution < 1.29 is 9.53 Å². The number of anilines is 2. The fraction of sp³-hybridized carbons (Fsp3) is 0.545. The molecule has 3 N–H and O–H groups in total. The summed E-state index contributed by atoms with van der Waals surface area (Å²) in [6, 6.07) is 6.36. The van der Waals surface area contributed by atoms with Gasteiger partial charge in [0.2, 0.25) is 5.95 Å². The van der Waals surface area contributed by atoms with Crippen LogP contribution in [0, 0.1) is 13.8 Å². The first-order valence-electron chi connectivity index (χ1n) is 10.4. The zero-order valence-electron chi connectivity index (χ0n) is 18.7. The van der Waals surface area contributed by atoms with Crippen LogP contribution in [-0.4, -0.2) is 46.2 Å². The molecule has 3 heterocycles. The van der Waals surface area contributed by atoms with Crippen molar-refractivity contribution in [3.63, 3.8) is 0 Å². The highest BCUT2D eigenvalue weighted by Crippen LogP contribution is 2.20. The van der Waals surface area contributed by atoms with Gasteiger partial charge in [-0.1, -0.05) is 6.07 Å². The Morgan fingerprint density at radius 3 is 2.50 bits per heavy atom. The van der Waals surface area contributed by atoms with Crippen molar-refractivity contribution in [2.45, 2.75) is 65.6 Å². The van der Waals surface area contributed by atoms with Gasteiger partial charge in [0, 0.05) is 23.5 Å². The zero-order chi connectivity index (χ0) is 22.0. The van der Waals surface area contributed by atoms with Crippen LogP contribution in [0.2, 0.25) is 0 Å². The first kappa shape index (κ1) is 23.5. The highest BCUT2D eigenvalue weighted by atomic mass is 16.5. The fourth-order valence-electron chi connectivity index (χ4n) is 2.82. The Morgan fingerprint density at radius 1 is 1.20 bits per heavy atom. The molecule has 2 aromatic rings. The van der Waals surface area contributed by atoms with Crippen LogP contribution in [-0.2, 0) is 16.1 Å². The zero-order valence-corrected chi connectivity index (χ0v) is 18.7. The van der Waals surface area contributed by atoms with Crippen LogP contribution in [0.15, 0.2) is 24.4 Å². The molecule has 1 saturated heterocycles. The molecule has 0 saturated carbocycles. The Morgan fingerprint density at radius 2 is 1.93 bits per heavy atom. The lowest BCUT2D eigenvalue weighted by Gasteiger charge is -2.25. The summed E-state index contributed by atoms with van der Waals surface area (Å²) in [6.45, 7) is 12.8. The van der Waals surface area contributed by atoms with Gasteiger partial charge in [0.15, 0.2) is 0 Å². The summed E-state index contributed by atoms with van der Waals surface area (Å²) in [5.41, 5.74) is 2.77. The Kier molecular flexibility index (Phi) is 8.98. The van der Waals surface area contributed by atoms with Gasteiger partial charge < -0.3 is 20.7 Å². The van der Waals surface area contributed by atoms with E-state index in [1.165, 1.54) is 0 Å². The first-order chi connectivity index (χ1) is 14.3. The molecule has 0 aliphatic carbocycles. The van der Waals surface area contributed by atoms with Gasteiger partial charge in [-0.15, -0.1) is 0 Å². The summed E-state index contributed by atoms with van der Waals surface area (Å²) in [5.74, 6) is 1.59. The number of carbonyl (C=O) groups excluding carboxylic acids is 1. The monoisotopic (exact) mass is 414 g/mol. The van der Waals surface area contributed by atoms with E-state index >= 15 is 0 Å². The number of piperidine rings is 1. The predicted molar refractivity (Wildman–Crippen MR) is 119 cm³/mol. The second kappa shape index (κ2) is 11.4. The normalized spacial score (nSPS) is 14.3. The van der Waals surface area contributed by atoms with Gasteiger partial charge in [0.25, 0.3) is 6.47 Å². The standard InChI is InChI=1S/C17H24N6.C5H10O2/c1-12-13(2)21-17(20-11-15-5-3-4-8-19-15)23-16(12)22-14-6-9-18-10-7-14;1-5(2,3)7-4-6/h3-5,8,14,18H,6-7,9-11H2,1-2H3,(H2,20,21,22,23);4H,1-3H3. The second-order valence-corrected chi connectivity index (χ2v) is 8.28. The second-order valence-electron chi connectivity index (χ2n) is 8.28. The molecule has 164 valence electrons. The molecular weight excluding hydrogens is 380 g/mol. The van der Waals surface area contributed by atoms with Gasteiger partial charge in [-0.3, -0.25) is 9.78 Å². The van der Waals surface area contributed by atoms with Crippen molar-refractivity contribution in [2.75, 3.05) is 23.7 Å². The number of ether oxygens (including phenoxy) is 1. The van der Waals surface area contributed by atoms with Crippen molar-refractivity contribution in [3.05, 3.63) is 41.3 Å². The summed E-state index contributed by atoms with van der Waals surface area (Å²) >= 11 is 0. The van der Waals surface area contributed by atoms with E-state index < -0.39 is 0 Å². The van der Waals surface area contributed by atoms with Gasteiger partial charge in [-0.2, -0.15) is 4.98 Å². The van der Waals surface area contributed by atoms with E-state index in [-0.39, 0.29) is 5.60 Å². The minimum atomic E-state index is -0.318. The molecule has 8 heteroatoms. The molecule has 3 rings (SSSR count). The predicted octanol–water partition coefficient (Wildman–Crippen LogP) is 3.22. The number of hydrogen-bond donors (Lipinski definition) is 3. The third-order valence-electron chi connectivity index (χ3n) is 4.62. The van der Waals surface area contributed by atoms with Gasteiger partial charge in [0.05, 0.1) is 12.2 Å². The summed E-state index contributed by atoms with van der Waals surface area (Å²) in [4.78, 5) is 23.1. The smallest absolute Gasteiger partial charge is 0.293 e. The maximum Gasteiger partial charge on any atom is 0.293 e. The average Bonchev–Trinajstić information content (AvgIpc) is 2.71. The van der Waals surface area contributed by atoms with Crippen LogP contribution >= 0.6 is 0 Å². The number of rotatable bonds is 6. The van der Waals surface area contributed by atoms with Gasteiger partial charge >= 0.3 is 0 Å². The van der Waals surface area contributed by atoms with Crippen LogP contribution in [0.1, 0.15) is 50.6 Å². The number of aromatic nitrogens is 3. The van der Waals surface area contributed by atoms with Crippen molar-refractivity contribution in [3.8, 4) is 0 Å². The Bertz CT molecular complexity index is 786. The highest BCUT2D eigenvalue weighted by Gasteiger charge is 2.16. The Balaban J connectivity index is 0.000000396. The molecule has 8 nitrogen and oxygen atoms in total. The molecular formula is C22H34N6O2. The van der Waals surface area contributed by atoms with Crippen molar-refractivity contribution in [1.82, 2.24) is 20.3 Å². The molecule has 1 aliphatic rings. The molecule has 1 fully saturated rings. The minimum Gasteiger partial charge on any atom is -0.462 e. The summed E-state index contributed by atoms with van der Waals surface area (Å²) in [7, 11) is 0. The number of pyridine rings is 1. The fourth-order valence-corrected chi connectivity index (χ4v) is 2.82. The molecule has 0 bridgehead atoms. The number of carbonyl (C=O) groups is 1. The molecule has 0 spiro atoms. The molecule has 0 unspecified atom stereocenters. The lowest BCUT2D eigenvalue weighted by atomic mass is 10.1. The van der Waals surface area contributed by atoms with Crippen LogP contribution in [0.5, 0.6) is 0 Å². The van der Waals surface area contributed by atoms with E-state index in [0.717, 1.165) is 48.7 Å². The lowest BCUT2D eigenvalue weighted by molar-refractivity contribution is -0.138. The van der Waals surface area contributed by atoms with Gasteiger partial charge in [-0.05, 0) is 72.7 Å². The maximum absolute atomic E-state index is 9.60. The molecule has 0 radical (unpaired) electrons. The molecule has 30 heavy (non-hydrogen) atoms. The highest BCUT2D eigenvalue weighted by molar-refractivity contribution is 5.50. The minimum absolute atomic E-state index is 0.318. The van der Waals surface area contributed by atoms with Gasteiger partial charge in [-0.25, -0.2) is 4.98 Å². The van der Waals surface area contributed by atoms with E-state index in [1.54, 1.807) is 6.20 Å². The third kappa shape index (κ3) is 8.32. The maximum atomic E-state index is 9.60. The van der Waals surface area contributed by atoms with E-state index in [4.69, 9.17) is 0 Å². The SMILES string of the molecule is CC(C)(C)OC=O.Cc1nc(NCc2ccccn2)nc(NC2CCNCC2)c1C. The van der Waals surface area contributed by atoms with Gasteiger partial charge in [0.1, 0.15) is 11.4 Å². The van der Waals surface area contributed by atoms with Crippen LogP contribution in [0.25, 0.3) is 0 Å². The Hall–Kier alpha value is -2.74.